The fraction of sp³-hybridized carbons (Fsp3) is 0.0588. The number of amides is 1. The molecule has 0 radical (unpaired) electrons. The second kappa shape index (κ2) is 6.50. The second-order valence-corrected chi connectivity index (χ2v) is 8.00. The van der Waals surface area contributed by atoms with E-state index in [1.165, 1.54) is 12.1 Å². The normalized spacial score (nSPS) is 19.2. The van der Waals surface area contributed by atoms with Crippen molar-refractivity contribution in [3.05, 3.63) is 59.0 Å². The number of amidine groups is 1. The van der Waals surface area contributed by atoms with Crippen LogP contribution in [0.4, 0.5) is 0 Å². The molecule has 2 aliphatic rings. The van der Waals surface area contributed by atoms with Crippen molar-refractivity contribution in [1.82, 2.24) is 5.32 Å². The zero-order valence-electron chi connectivity index (χ0n) is 13.2. The van der Waals surface area contributed by atoms with E-state index in [4.69, 9.17) is 9.47 Å². The van der Waals surface area contributed by atoms with Gasteiger partial charge < -0.3 is 9.47 Å². The molecule has 1 amide bonds. The Morgan fingerprint density at radius 2 is 1.85 bits per heavy atom. The van der Waals surface area contributed by atoms with Crippen LogP contribution in [0.15, 0.2) is 62.7 Å². The van der Waals surface area contributed by atoms with Gasteiger partial charge in [0.15, 0.2) is 16.7 Å². The van der Waals surface area contributed by atoms with E-state index in [0.29, 0.717) is 16.4 Å². The first-order valence-corrected chi connectivity index (χ1v) is 9.77. The van der Waals surface area contributed by atoms with Gasteiger partial charge in [-0.3, -0.25) is 10.1 Å². The molecule has 0 spiro atoms. The van der Waals surface area contributed by atoms with Crippen LogP contribution in [0.25, 0.3) is 6.08 Å². The van der Waals surface area contributed by atoms with Crippen LogP contribution in [0.5, 0.6) is 11.5 Å². The molecule has 0 atom stereocenters. The summed E-state index contributed by atoms with van der Waals surface area (Å²) < 4.78 is 38.8. The van der Waals surface area contributed by atoms with Gasteiger partial charge in [0.05, 0.1) is 9.80 Å². The van der Waals surface area contributed by atoms with E-state index in [0.717, 1.165) is 17.3 Å². The summed E-state index contributed by atoms with van der Waals surface area (Å²) in [5.41, 5.74) is 0.735. The predicted octanol–water partition coefficient (Wildman–Crippen LogP) is 2.36. The van der Waals surface area contributed by atoms with Crippen LogP contribution in [0.2, 0.25) is 0 Å². The van der Waals surface area contributed by atoms with E-state index in [9.17, 15) is 13.2 Å². The molecule has 0 saturated carbocycles. The molecule has 2 aromatic carbocycles. The first kappa shape index (κ1) is 16.7. The number of nitrogens with one attached hydrogen (secondary N) is 1. The van der Waals surface area contributed by atoms with Gasteiger partial charge in [0.1, 0.15) is 0 Å². The van der Waals surface area contributed by atoms with Crippen LogP contribution < -0.4 is 14.8 Å². The lowest BCUT2D eigenvalue weighted by Gasteiger charge is -1.99. The Balaban J connectivity index is 1.59. The van der Waals surface area contributed by atoms with Crippen molar-refractivity contribution in [2.24, 2.45) is 4.40 Å². The first-order chi connectivity index (χ1) is 12.5. The Morgan fingerprint density at radius 3 is 2.65 bits per heavy atom. The Kier molecular flexibility index (Phi) is 4.17. The number of sulfonamides is 1. The van der Waals surface area contributed by atoms with Gasteiger partial charge in [-0.25, -0.2) is 0 Å². The summed E-state index contributed by atoms with van der Waals surface area (Å²) in [6.45, 7) is 0.165. The number of fused-ring (bicyclic) bond motifs is 1. The molecule has 132 valence electrons. The summed E-state index contributed by atoms with van der Waals surface area (Å²) in [6.07, 6.45) is 1.64. The van der Waals surface area contributed by atoms with Crippen LogP contribution in [-0.4, -0.2) is 26.3 Å². The summed E-state index contributed by atoms with van der Waals surface area (Å²) >= 11 is 0.968. The van der Waals surface area contributed by atoms with Gasteiger partial charge in [-0.2, -0.15) is 8.42 Å². The highest BCUT2D eigenvalue weighted by atomic mass is 32.2. The van der Waals surface area contributed by atoms with E-state index < -0.39 is 15.9 Å². The Labute approximate surface area is 153 Å². The van der Waals surface area contributed by atoms with Crippen molar-refractivity contribution in [1.29, 1.82) is 0 Å². The molecule has 7 nitrogen and oxygen atoms in total. The largest absolute Gasteiger partial charge is 0.454 e. The number of hydrogen-bond acceptors (Lipinski definition) is 6. The lowest BCUT2D eigenvalue weighted by molar-refractivity contribution is -0.115. The summed E-state index contributed by atoms with van der Waals surface area (Å²) in [7, 11) is -3.88. The molecule has 0 bridgehead atoms. The molecule has 0 aromatic heterocycles. The third-order valence-electron chi connectivity index (χ3n) is 3.59. The lowest BCUT2D eigenvalue weighted by atomic mass is 10.2. The van der Waals surface area contributed by atoms with E-state index in [1.54, 1.807) is 42.5 Å². The summed E-state index contributed by atoms with van der Waals surface area (Å²) in [5.74, 6) is 0.838. The van der Waals surface area contributed by atoms with E-state index >= 15 is 0 Å². The zero-order chi connectivity index (χ0) is 18.1. The van der Waals surface area contributed by atoms with Gasteiger partial charge in [0.25, 0.3) is 15.9 Å². The van der Waals surface area contributed by atoms with E-state index in [1.807, 2.05) is 0 Å². The van der Waals surface area contributed by atoms with Crippen molar-refractivity contribution in [3.8, 4) is 11.5 Å². The number of carbonyl (C=O) groups is 1. The Hall–Kier alpha value is -2.78. The van der Waals surface area contributed by atoms with Crippen molar-refractivity contribution in [3.63, 3.8) is 0 Å². The van der Waals surface area contributed by atoms with Gasteiger partial charge >= 0.3 is 0 Å². The number of ether oxygens (including phenoxy) is 2. The van der Waals surface area contributed by atoms with E-state index in [-0.39, 0.29) is 16.9 Å². The topological polar surface area (TPSA) is 94.1 Å². The first-order valence-electron chi connectivity index (χ1n) is 7.52. The smallest absolute Gasteiger partial charge is 0.284 e. The highest BCUT2D eigenvalue weighted by molar-refractivity contribution is 8.19. The maximum atomic E-state index is 12.3. The lowest BCUT2D eigenvalue weighted by Crippen LogP contribution is -2.20. The maximum Gasteiger partial charge on any atom is 0.284 e. The third-order valence-corrected chi connectivity index (χ3v) is 5.91. The van der Waals surface area contributed by atoms with Gasteiger partial charge in [-0.1, -0.05) is 24.3 Å². The van der Waals surface area contributed by atoms with Gasteiger partial charge in [0, 0.05) is 0 Å². The SMILES string of the molecule is O=C1NC(=NS(=O)(=O)c2ccccc2)S/C1=C/c1ccc2c(c1)OCO2. The highest BCUT2D eigenvalue weighted by Gasteiger charge is 2.26. The molecule has 2 aromatic rings. The molecule has 1 fully saturated rings. The summed E-state index contributed by atoms with van der Waals surface area (Å²) in [4.78, 5) is 12.5. The standard InChI is InChI=1S/C17H12N2O5S2/c20-16-15(9-11-6-7-13-14(8-11)24-10-23-13)25-17(18-16)19-26(21,22)12-4-2-1-3-5-12/h1-9H,10H2,(H,18,19,20)/b15-9+. The molecule has 1 N–H and O–H groups in total. The number of rotatable bonds is 3. The zero-order valence-corrected chi connectivity index (χ0v) is 14.8. The van der Waals surface area contributed by atoms with Gasteiger partial charge in [-0.05, 0) is 47.7 Å². The molecule has 9 heteroatoms. The quantitative estimate of drug-likeness (QED) is 0.812. The number of carbonyl (C=O) groups excluding carboxylic acids is 1. The highest BCUT2D eigenvalue weighted by Crippen LogP contribution is 2.34. The fourth-order valence-electron chi connectivity index (χ4n) is 2.38. The molecule has 0 unspecified atom stereocenters. The van der Waals surface area contributed by atoms with Crippen LogP contribution in [-0.2, 0) is 14.8 Å². The Bertz CT molecular complexity index is 1050. The van der Waals surface area contributed by atoms with Crippen LogP contribution in [0, 0.1) is 0 Å². The molecule has 0 aliphatic carbocycles. The van der Waals surface area contributed by atoms with Crippen molar-refractivity contribution in [2.45, 2.75) is 4.90 Å². The second-order valence-electron chi connectivity index (χ2n) is 5.36. The minimum absolute atomic E-state index is 0.0193. The Morgan fingerprint density at radius 1 is 1.08 bits per heavy atom. The fourth-order valence-corrected chi connectivity index (χ4v) is 4.38. The summed E-state index contributed by atoms with van der Waals surface area (Å²) in [5, 5.41) is 2.49. The van der Waals surface area contributed by atoms with E-state index in [2.05, 4.69) is 9.71 Å². The molecule has 2 heterocycles. The molecule has 1 saturated heterocycles. The third kappa shape index (κ3) is 3.31. The number of nitrogens with zero attached hydrogens (tertiary/aromatic N) is 1. The minimum atomic E-state index is -3.88. The summed E-state index contributed by atoms with van der Waals surface area (Å²) in [6, 6.07) is 13.1. The number of hydrogen-bond donors (Lipinski definition) is 1. The average molecular weight is 388 g/mol. The van der Waals surface area contributed by atoms with Crippen molar-refractivity contribution >= 4 is 38.9 Å². The van der Waals surface area contributed by atoms with Crippen molar-refractivity contribution in [2.75, 3.05) is 6.79 Å². The van der Waals surface area contributed by atoms with Gasteiger partial charge in [-0.15, -0.1) is 4.40 Å². The molecule has 4 rings (SSSR count). The average Bonchev–Trinajstić information content (AvgIpc) is 3.21. The molecule has 2 aliphatic heterocycles. The number of thioether (sulfide) groups is 1. The van der Waals surface area contributed by atoms with Crippen LogP contribution >= 0.6 is 11.8 Å². The van der Waals surface area contributed by atoms with Gasteiger partial charge in [0.2, 0.25) is 6.79 Å². The van der Waals surface area contributed by atoms with Crippen LogP contribution in [0.3, 0.4) is 0 Å². The number of benzene rings is 2. The predicted molar refractivity (Wildman–Crippen MR) is 97.3 cm³/mol. The van der Waals surface area contributed by atoms with Crippen molar-refractivity contribution < 1.29 is 22.7 Å². The van der Waals surface area contributed by atoms with Crippen LogP contribution in [0.1, 0.15) is 5.56 Å². The molecule has 26 heavy (non-hydrogen) atoms. The maximum absolute atomic E-state index is 12.3. The monoisotopic (exact) mass is 388 g/mol. The molecular formula is C17H12N2O5S2. The molecular weight excluding hydrogens is 376 g/mol. The minimum Gasteiger partial charge on any atom is -0.454 e.